The van der Waals surface area contributed by atoms with E-state index in [0.29, 0.717) is 6.42 Å². The second kappa shape index (κ2) is 12.3. The van der Waals surface area contributed by atoms with Crippen LogP contribution in [0.15, 0.2) is 24.3 Å². The van der Waals surface area contributed by atoms with E-state index >= 15 is 0 Å². The number of hydrogen-bond acceptors (Lipinski definition) is 3. The van der Waals surface area contributed by atoms with E-state index in [9.17, 15) is 10.2 Å². The Kier molecular flexibility index (Phi) is 11.1. The molecule has 0 aliphatic heterocycles. The average molecular weight is 669 g/mol. The van der Waals surface area contributed by atoms with Gasteiger partial charge < -0.3 is 10.2 Å². The van der Waals surface area contributed by atoms with Crippen LogP contribution in [0.25, 0.3) is 22.2 Å². The summed E-state index contributed by atoms with van der Waals surface area (Å²) in [6.07, 6.45) is -0.434. The summed E-state index contributed by atoms with van der Waals surface area (Å²) in [6, 6.07) is 12.3. The molecule has 0 spiro atoms. The van der Waals surface area contributed by atoms with E-state index < -0.39 is 12.2 Å². The van der Waals surface area contributed by atoms with Gasteiger partial charge in [0.05, 0.1) is 17.7 Å². The molecule has 2 unspecified atom stereocenters. The topological polar surface area (TPSA) is 53.4 Å². The van der Waals surface area contributed by atoms with Crippen molar-refractivity contribution >= 4 is 10.9 Å². The molecule has 0 saturated carbocycles. The number of pyridine rings is 1. The van der Waals surface area contributed by atoms with E-state index in [0.717, 1.165) is 16.8 Å². The average Bonchev–Trinajstić information content (AvgIpc) is 2.71. The molecule has 0 fully saturated rings. The van der Waals surface area contributed by atoms with Crippen LogP contribution in [0, 0.1) is 58.4 Å². The zero-order chi connectivity index (χ0) is 26.9. The van der Waals surface area contributed by atoms with Crippen molar-refractivity contribution in [2.24, 2.45) is 10.8 Å². The van der Waals surface area contributed by atoms with Gasteiger partial charge in [0.25, 0.3) is 0 Å². The molecule has 2 atom stereocenters. The number of aryl methyl sites for hydroxylation is 5. The molecule has 3 aromatic rings. The zero-order valence-electron chi connectivity index (χ0n) is 24.3. The summed E-state index contributed by atoms with van der Waals surface area (Å²) in [6.45, 7) is 24.7. The Morgan fingerprint density at radius 3 is 1.75 bits per heavy atom. The van der Waals surface area contributed by atoms with Crippen molar-refractivity contribution in [3.63, 3.8) is 0 Å². The maximum absolute atomic E-state index is 9.76. The molecule has 1 heterocycles. The first-order valence-electron chi connectivity index (χ1n) is 12.7. The van der Waals surface area contributed by atoms with Gasteiger partial charge in [0, 0.05) is 31.9 Å². The summed E-state index contributed by atoms with van der Waals surface area (Å²) in [5, 5.41) is 20.8. The van der Waals surface area contributed by atoms with Gasteiger partial charge in [-0.25, -0.2) is 0 Å². The molecule has 4 heteroatoms. The molecule has 0 aliphatic rings. The Morgan fingerprint density at radius 2 is 1.28 bits per heavy atom. The van der Waals surface area contributed by atoms with Crippen LogP contribution in [-0.4, -0.2) is 27.4 Å². The third kappa shape index (κ3) is 8.21. The van der Waals surface area contributed by atoms with E-state index in [1.165, 1.54) is 38.8 Å². The molecular formula is C32H46IrNO2-. The number of nitrogens with zero attached hydrogens (tertiary/aromatic N) is 1. The van der Waals surface area contributed by atoms with Crippen LogP contribution in [0.1, 0.15) is 81.3 Å². The van der Waals surface area contributed by atoms with Crippen LogP contribution >= 0.6 is 0 Å². The van der Waals surface area contributed by atoms with Gasteiger partial charge in [0.1, 0.15) is 0 Å². The van der Waals surface area contributed by atoms with Crippen LogP contribution in [0.2, 0.25) is 0 Å². The van der Waals surface area contributed by atoms with Gasteiger partial charge in [-0.1, -0.05) is 80.0 Å². The maximum atomic E-state index is 9.76. The molecule has 36 heavy (non-hydrogen) atoms. The fourth-order valence-electron chi connectivity index (χ4n) is 4.00. The first-order chi connectivity index (χ1) is 15.9. The number of hydrogen-bond donors (Lipinski definition) is 2. The second-order valence-corrected chi connectivity index (χ2v) is 12.4. The third-order valence-corrected chi connectivity index (χ3v) is 7.01. The minimum atomic E-state index is -0.443. The van der Waals surface area contributed by atoms with E-state index in [1.807, 2.05) is 41.5 Å². The van der Waals surface area contributed by atoms with Gasteiger partial charge in [-0.05, 0) is 54.5 Å². The van der Waals surface area contributed by atoms with Crippen molar-refractivity contribution in [1.82, 2.24) is 4.98 Å². The molecule has 1 radical (unpaired) electrons. The number of benzene rings is 2. The fraction of sp³-hybridized carbons (Fsp3) is 0.531. The molecule has 2 aromatic carbocycles. The van der Waals surface area contributed by atoms with E-state index in [1.54, 1.807) is 0 Å². The van der Waals surface area contributed by atoms with E-state index in [4.69, 9.17) is 4.98 Å². The smallest absolute Gasteiger partial charge is 0.0613 e. The molecule has 0 saturated heterocycles. The van der Waals surface area contributed by atoms with Gasteiger partial charge >= 0.3 is 0 Å². The Balaban J connectivity index is 0.000000402. The number of aromatic nitrogens is 1. The van der Waals surface area contributed by atoms with Crippen LogP contribution in [-0.2, 0) is 20.1 Å². The normalized spacial score (nSPS) is 13.5. The monoisotopic (exact) mass is 669 g/mol. The largest absolute Gasteiger partial charge is 0.392 e. The summed E-state index contributed by atoms with van der Waals surface area (Å²) in [5.74, 6) is 0. The molecule has 1 aromatic heterocycles. The minimum Gasteiger partial charge on any atom is -0.392 e. The SMILES string of the molecule is CC(C)(C)C(O)CC(O)C(C)(C)C.Cc1cc(C)c2cc(C)c(-c3[c-]c(C)c(C)c(C)c3)nc2c1.[Ir]. The Morgan fingerprint density at radius 1 is 0.750 bits per heavy atom. The zero-order valence-corrected chi connectivity index (χ0v) is 26.7. The minimum absolute atomic E-state index is 0. The first-order valence-corrected chi connectivity index (χ1v) is 12.7. The molecule has 0 aliphatic carbocycles. The predicted octanol–water partition coefficient (Wildman–Crippen LogP) is 7.74. The summed E-state index contributed by atoms with van der Waals surface area (Å²) >= 11 is 0. The van der Waals surface area contributed by atoms with Crippen molar-refractivity contribution in [3.05, 3.63) is 63.7 Å². The predicted molar refractivity (Wildman–Crippen MR) is 150 cm³/mol. The quantitative estimate of drug-likeness (QED) is 0.281. The molecule has 2 N–H and O–H groups in total. The van der Waals surface area contributed by atoms with Crippen molar-refractivity contribution in [1.29, 1.82) is 0 Å². The van der Waals surface area contributed by atoms with Crippen LogP contribution in [0.4, 0.5) is 0 Å². The summed E-state index contributed by atoms with van der Waals surface area (Å²) in [4.78, 5) is 4.95. The Hall–Kier alpha value is -1.58. The van der Waals surface area contributed by atoms with Gasteiger partial charge in [-0.3, -0.25) is 4.98 Å². The van der Waals surface area contributed by atoms with Gasteiger partial charge in [-0.15, -0.1) is 34.4 Å². The van der Waals surface area contributed by atoms with Crippen LogP contribution in [0.5, 0.6) is 0 Å². The van der Waals surface area contributed by atoms with E-state index in [2.05, 4.69) is 71.9 Å². The number of aliphatic hydroxyl groups is 2. The maximum Gasteiger partial charge on any atom is 0.0613 e. The number of rotatable bonds is 3. The Bertz CT molecular complexity index is 1140. The standard InChI is InChI=1S/C21H22N.C11H24O2.Ir/c1-12-7-15(4)19-11-16(5)21(22-20(19)8-12)18-9-13(2)17(6)14(3)10-18;1-10(2,3)8(12)7-9(13)11(4,5)6;/h7-9,11H,1-6H3;8-9,12-13H,7H2,1-6H3;/q-1;;. The summed E-state index contributed by atoms with van der Waals surface area (Å²) < 4.78 is 0. The van der Waals surface area contributed by atoms with Crippen molar-refractivity contribution in [2.45, 2.75) is 102 Å². The molecule has 3 rings (SSSR count). The van der Waals surface area contributed by atoms with Gasteiger partial charge in [0.2, 0.25) is 0 Å². The second-order valence-electron chi connectivity index (χ2n) is 12.4. The third-order valence-electron chi connectivity index (χ3n) is 7.01. The van der Waals surface area contributed by atoms with Gasteiger partial charge in [-0.2, -0.15) is 0 Å². The van der Waals surface area contributed by atoms with Gasteiger partial charge in [0.15, 0.2) is 0 Å². The molecule has 0 bridgehead atoms. The number of fused-ring (bicyclic) bond motifs is 1. The van der Waals surface area contributed by atoms with Crippen LogP contribution in [0.3, 0.4) is 0 Å². The van der Waals surface area contributed by atoms with E-state index in [-0.39, 0.29) is 30.9 Å². The van der Waals surface area contributed by atoms with Crippen LogP contribution < -0.4 is 0 Å². The summed E-state index contributed by atoms with van der Waals surface area (Å²) in [7, 11) is 0. The summed E-state index contributed by atoms with van der Waals surface area (Å²) in [5.41, 5.74) is 10.5. The molecular weight excluding hydrogens is 623 g/mol. The molecule has 3 nitrogen and oxygen atoms in total. The fourth-order valence-corrected chi connectivity index (χ4v) is 4.00. The first kappa shape index (κ1) is 32.4. The van der Waals surface area contributed by atoms with Crippen molar-refractivity contribution < 1.29 is 30.3 Å². The molecule has 0 amide bonds. The van der Waals surface area contributed by atoms with Crippen molar-refractivity contribution in [3.8, 4) is 11.3 Å². The molecule has 201 valence electrons. The van der Waals surface area contributed by atoms with Crippen molar-refractivity contribution in [2.75, 3.05) is 0 Å². The number of aliphatic hydroxyl groups excluding tert-OH is 2. The Labute approximate surface area is 233 Å².